The van der Waals surface area contributed by atoms with Gasteiger partial charge in [0.15, 0.2) is 0 Å². The normalized spacial score (nSPS) is 13.6. The fourth-order valence-corrected chi connectivity index (χ4v) is 1.02. The van der Waals surface area contributed by atoms with Crippen molar-refractivity contribution in [2.75, 3.05) is 26.3 Å². The van der Waals surface area contributed by atoms with Gasteiger partial charge in [0.2, 0.25) is 0 Å². The van der Waals surface area contributed by atoms with Crippen LogP contribution in [0.3, 0.4) is 0 Å². The van der Waals surface area contributed by atoms with Crippen molar-refractivity contribution in [3.05, 3.63) is 0 Å². The minimum Gasteiger partial charge on any atom is -0.377 e. The molecule has 0 aliphatic rings. The van der Waals surface area contributed by atoms with Crippen LogP contribution in [0.2, 0.25) is 0 Å². The van der Waals surface area contributed by atoms with Gasteiger partial charge in [0.25, 0.3) is 0 Å². The SMILES string of the molecule is CCOC(C)CNCCOC(C)C. The second-order valence-corrected chi connectivity index (χ2v) is 3.39. The first kappa shape index (κ1) is 12.9. The highest BCUT2D eigenvalue weighted by Crippen LogP contribution is 1.88. The van der Waals surface area contributed by atoms with Gasteiger partial charge in [0, 0.05) is 19.7 Å². The van der Waals surface area contributed by atoms with Crippen molar-refractivity contribution in [1.82, 2.24) is 5.32 Å². The largest absolute Gasteiger partial charge is 0.377 e. The van der Waals surface area contributed by atoms with Gasteiger partial charge in [-0.2, -0.15) is 0 Å². The summed E-state index contributed by atoms with van der Waals surface area (Å²) in [5.41, 5.74) is 0. The molecule has 3 nitrogen and oxygen atoms in total. The first-order valence-corrected chi connectivity index (χ1v) is 5.10. The summed E-state index contributed by atoms with van der Waals surface area (Å²) < 4.78 is 10.7. The standard InChI is InChI=1S/C10H23NO2/c1-5-12-10(4)8-11-6-7-13-9(2)3/h9-11H,5-8H2,1-4H3. The first-order valence-electron chi connectivity index (χ1n) is 5.10. The third kappa shape index (κ3) is 9.80. The second kappa shape index (κ2) is 8.48. The van der Waals surface area contributed by atoms with Crippen molar-refractivity contribution in [2.24, 2.45) is 0 Å². The Morgan fingerprint density at radius 1 is 1.15 bits per heavy atom. The molecule has 0 saturated carbocycles. The van der Waals surface area contributed by atoms with E-state index in [9.17, 15) is 0 Å². The van der Waals surface area contributed by atoms with E-state index < -0.39 is 0 Å². The van der Waals surface area contributed by atoms with E-state index in [4.69, 9.17) is 9.47 Å². The molecule has 3 heteroatoms. The molecule has 0 aromatic carbocycles. The number of hydrogen-bond acceptors (Lipinski definition) is 3. The average Bonchev–Trinajstić information content (AvgIpc) is 2.03. The molecule has 0 amide bonds. The molecular weight excluding hydrogens is 166 g/mol. The summed E-state index contributed by atoms with van der Waals surface area (Å²) in [7, 11) is 0. The summed E-state index contributed by atoms with van der Waals surface area (Å²) in [6.45, 7) is 11.5. The van der Waals surface area contributed by atoms with Crippen LogP contribution < -0.4 is 5.32 Å². The second-order valence-electron chi connectivity index (χ2n) is 3.39. The Morgan fingerprint density at radius 2 is 1.85 bits per heavy atom. The molecule has 0 aliphatic carbocycles. The minimum absolute atomic E-state index is 0.295. The molecule has 0 heterocycles. The molecule has 1 N–H and O–H groups in total. The lowest BCUT2D eigenvalue weighted by molar-refractivity contribution is 0.0638. The van der Waals surface area contributed by atoms with Gasteiger partial charge in [0.05, 0.1) is 18.8 Å². The lowest BCUT2D eigenvalue weighted by Gasteiger charge is -2.13. The van der Waals surface area contributed by atoms with E-state index in [1.807, 2.05) is 20.8 Å². The van der Waals surface area contributed by atoms with Crippen LogP contribution in [0.1, 0.15) is 27.7 Å². The van der Waals surface area contributed by atoms with Crippen molar-refractivity contribution in [3.63, 3.8) is 0 Å². The summed E-state index contributed by atoms with van der Waals surface area (Å²) >= 11 is 0. The van der Waals surface area contributed by atoms with Crippen LogP contribution in [-0.4, -0.2) is 38.5 Å². The Kier molecular flexibility index (Phi) is 8.40. The van der Waals surface area contributed by atoms with Crippen LogP contribution in [0.4, 0.5) is 0 Å². The monoisotopic (exact) mass is 189 g/mol. The minimum atomic E-state index is 0.295. The molecule has 0 radical (unpaired) electrons. The Morgan fingerprint density at radius 3 is 2.38 bits per heavy atom. The van der Waals surface area contributed by atoms with E-state index in [0.717, 1.165) is 26.3 Å². The highest BCUT2D eigenvalue weighted by Gasteiger charge is 1.99. The molecule has 1 unspecified atom stereocenters. The third-order valence-corrected chi connectivity index (χ3v) is 1.61. The molecular formula is C10H23NO2. The van der Waals surface area contributed by atoms with Crippen LogP contribution >= 0.6 is 0 Å². The van der Waals surface area contributed by atoms with Gasteiger partial charge < -0.3 is 14.8 Å². The molecule has 0 saturated heterocycles. The smallest absolute Gasteiger partial charge is 0.0671 e. The quantitative estimate of drug-likeness (QED) is 0.586. The highest BCUT2D eigenvalue weighted by atomic mass is 16.5. The molecule has 0 aliphatic heterocycles. The maximum atomic E-state index is 5.38. The van der Waals surface area contributed by atoms with E-state index in [-0.39, 0.29) is 0 Å². The Hall–Kier alpha value is -0.120. The summed E-state index contributed by atoms with van der Waals surface area (Å²) in [4.78, 5) is 0. The molecule has 1 atom stereocenters. The molecule has 0 aromatic heterocycles. The summed E-state index contributed by atoms with van der Waals surface area (Å²) in [6.07, 6.45) is 0.621. The van der Waals surface area contributed by atoms with Crippen LogP contribution in [-0.2, 0) is 9.47 Å². The number of rotatable bonds is 8. The van der Waals surface area contributed by atoms with Gasteiger partial charge in [-0.1, -0.05) is 0 Å². The Labute approximate surface area is 81.8 Å². The van der Waals surface area contributed by atoms with E-state index in [0.29, 0.717) is 12.2 Å². The van der Waals surface area contributed by atoms with Gasteiger partial charge in [-0.15, -0.1) is 0 Å². The first-order chi connectivity index (χ1) is 6.16. The van der Waals surface area contributed by atoms with Crippen LogP contribution in [0, 0.1) is 0 Å². The highest BCUT2D eigenvalue weighted by molar-refractivity contribution is 4.54. The van der Waals surface area contributed by atoms with Gasteiger partial charge in [0.1, 0.15) is 0 Å². The summed E-state index contributed by atoms with van der Waals surface area (Å²) in [6, 6.07) is 0. The zero-order chi connectivity index (χ0) is 10.1. The van der Waals surface area contributed by atoms with Crippen LogP contribution in [0.15, 0.2) is 0 Å². The van der Waals surface area contributed by atoms with Crippen molar-refractivity contribution < 1.29 is 9.47 Å². The topological polar surface area (TPSA) is 30.5 Å². The van der Waals surface area contributed by atoms with Gasteiger partial charge >= 0.3 is 0 Å². The number of nitrogens with one attached hydrogen (secondary N) is 1. The molecule has 0 spiro atoms. The van der Waals surface area contributed by atoms with E-state index in [1.165, 1.54) is 0 Å². The molecule has 80 valence electrons. The van der Waals surface area contributed by atoms with Gasteiger partial charge in [-0.3, -0.25) is 0 Å². The van der Waals surface area contributed by atoms with Crippen molar-refractivity contribution in [2.45, 2.75) is 39.9 Å². The van der Waals surface area contributed by atoms with E-state index in [2.05, 4.69) is 12.2 Å². The zero-order valence-corrected chi connectivity index (χ0v) is 9.30. The maximum Gasteiger partial charge on any atom is 0.0671 e. The lowest BCUT2D eigenvalue weighted by atomic mass is 10.4. The fraction of sp³-hybridized carbons (Fsp3) is 1.00. The number of ether oxygens (including phenoxy) is 2. The van der Waals surface area contributed by atoms with Crippen LogP contribution in [0.25, 0.3) is 0 Å². The van der Waals surface area contributed by atoms with Crippen molar-refractivity contribution >= 4 is 0 Å². The summed E-state index contributed by atoms with van der Waals surface area (Å²) in [5.74, 6) is 0. The van der Waals surface area contributed by atoms with Gasteiger partial charge in [-0.05, 0) is 27.7 Å². The molecule has 0 aromatic rings. The third-order valence-electron chi connectivity index (χ3n) is 1.61. The van der Waals surface area contributed by atoms with Crippen LogP contribution in [0.5, 0.6) is 0 Å². The van der Waals surface area contributed by atoms with Crippen molar-refractivity contribution in [3.8, 4) is 0 Å². The summed E-state index contributed by atoms with van der Waals surface area (Å²) in [5, 5.41) is 3.28. The molecule has 0 bridgehead atoms. The molecule has 0 rings (SSSR count). The van der Waals surface area contributed by atoms with Gasteiger partial charge in [-0.25, -0.2) is 0 Å². The number of hydrogen-bond donors (Lipinski definition) is 1. The molecule has 0 fully saturated rings. The Balaban J connectivity index is 3.06. The fourth-order valence-electron chi connectivity index (χ4n) is 1.02. The predicted molar refractivity (Wildman–Crippen MR) is 55.0 cm³/mol. The van der Waals surface area contributed by atoms with E-state index in [1.54, 1.807) is 0 Å². The average molecular weight is 189 g/mol. The zero-order valence-electron chi connectivity index (χ0n) is 9.30. The van der Waals surface area contributed by atoms with E-state index >= 15 is 0 Å². The van der Waals surface area contributed by atoms with Crippen molar-refractivity contribution in [1.29, 1.82) is 0 Å². The lowest BCUT2D eigenvalue weighted by Crippen LogP contribution is -2.30. The molecule has 13 heavy (non-hydrogen) atoms. The Bertz CT molecular complexity index is 107. The predicted octanol–water partition coefficient (Wildman–Crippen LogP) is 1.43. The maximum absolute atomic E-state index is 5.38.